The van der Waals surface area contributed by atoms with Crippen LogP contribution in [0.25, 0.3) is 0 Å². The van der Waals surface area contributed by atoms with Crippen LogP contribution in [0, 0.1) is 0 Å². The number of hydrogen-bond donors (Lipinski definition) is 1. The third kappa shape index (κ3) is 1.98. The Bertz CT molecular complexity index is 280. The molecule has 0 aliphatic heterocycles. The Hall–Kier alpha value is -0.820. The predicted molar refractivity (Wildman–Crippen MR) is 60.5 cm³/mol. The fourth-order valence-electron chi connectivity index (χ4n) is 2.15. The minimum atomic E-state index is -0.146. The minimum absolute atomic E-state index is 0.146. The van der Waals surface area contributed by atoms with E-state index in [1.54, 1.807) is 0 Å². The zero-order valence-corrected chi connectivity index (χ0v) is 9.33. The lowest BCUT2D eigenvalue weighted by atomic mass is 9.97. The molecule has 1 aromatic rings. The number of fused-ring (bicyclic) bond motifs is 1. The van der Waals surface area contributed by atoms with Crippen LogP contribution in [0.3, 0.4) is 0 Å². The van der Waals surface area contributed by atoms with E-state index >= 15 is 0 Å². The molecule has 1 N–H and O–H groups in total. The fraction of sp³-hybridized carbons (Fsp3) is 0.538. The number of hydrogen-bond acceptors (Lipinski definition) is 1. The number of rotatable bonds is 1. The maximum atomic E-state index is 9.71. The molecule has 0 heterocycles. The van der Waals surface area contributed by atoms with E-state index in [0.717, 1.165) is 12.8 Å². The molecule has 14 heavy (non-hydrogen) atoms. The molecule has 0 radical (unpaired) electrons. The standard InChI is InChI=1S/C11H14O.C2H6/c1-2-9-10-6-4-3-5-8(10)7-11(9)12;1-2/h3-6,9,11-12H,2,7H2,1H3;1-2H3. The van der Waals surface area contributed by atoms with Crippen molar-refractivity contribution in [2.24, 2.45) is 0 Å². The van der Waals surface area contributed by atoms with Crippen LogP contribution in [0.2, 0.25) is 0 Å². The van der Waals surface area contributed by atoms with Crippen molar-refractivity contribution in [2.45, 2.75) is 45.6 Å². The van der Waals surface area contributed by atoms with Crippen LogP contribution in [0.5, 0.6) is 0 Å². The summed E-state index contributed by atoms with van der Waals surface area (Å²) in [6.45, 7) is 6.13. The van der Waals surface area contributed by atoms with Crippen molar-refractivity contribution in [2.75, 3.05) is 0 Å². The van der Waals surface area contributed by atoms with Gasteiger partial charge in [-0.25, -0.2) is 0 Å². The third-order valence-electron chi connectivity index (χ3n) is 2.79. The largest absolute Gasteiger partial charge is 0.392 e. The van der Waals surface area contributed by atoms with Gasteiger partial charge in [0.25, 0.3) is 0 Å². The maximum Gasteiger partial charge on any atom is 0.0649 e. The zero-order valence-electron chi connectivity index (χ0n) is 9.33. The van der Waals surface area contributed by atoms with E-state index < -0.39 is 0 Å². The molecule has 0 amide bonds. The summed E-state index contributed by atoms with van der Waals surface area (Å²) in [6, 6.07) is 8.36. The Morgan fingerprint density at radius 2 is 1.93 bits per heavy atom. The van der Waals surface area contributed by atoms with E-state index in [1.165, 1.54) is 11.1 Å². The lowest BCUT2D eigenvalue weighted by Crippen LogP contribution is -2.11. The average Bonchev–Trinajstić information content (AvgIpc) is 2.56. The number of aliphatic hydroxyl groups excluding tert-OH is 1. The summed E-state index contributed by atoms with van der Waals surface area (Å²) in [7, 11) is 0. The van der Waals surface area contributed by atoms with Crippen LogP contribution in [0.1, 0.15) is 44.2 Å². The SMILES string of the molecule is CC.CCC1c2ccccc2CC1O. The van der Waals surface area contributed by atoms with E-state index in [0.29, 0.717) is 5.92 Å². The molecule has 1 heteroatoms. The molecule has 78 valence electrons. The van der Waals surface area contributed by atoms with Crippen molar-refractivity contribution < 1.29 is 5.11 Å². The van der Waals surface area contributed by atoms with Crippen LogP contribution in [0.4, 0.5) is 0 Å². The third-order valence-corrected chi connectivity index (χ3v) is 2.79. The number of aliphatic hydroxyl groups is 1. The minimum Gasteiger partial charge on any atom is -0.392 e. The first-order chi connectivity index (χ1) is 6.83. The van der Waals surface area contributed by atoms with E-state index in [1.807, 2.05) is 19.9 Å². The predicted octanol–water partition coefficient (Wildman–Crippen LogP) is 3.12. The van der Waals surface area contributed by atoms with Crippen LogP contribution in [-0.2, 0) is 6.42 Å². The van der Waals surface area contributed by atoms with Crippen molar-refractivity contribution in [3.05, 3.63) is 35.4 Å². The summed E-state index contributed by atoms with van der Waals surface area (Å²) >= 11 is 0. The highest BCUT2D eigenvalue weighted by Crippen LogP contribution is 2.34. The molecule has 0 fully saturated rings. The lowest BCUT2D eigenvalue weighted by molar-refractivity contribution is 0.154. The summed E-state index contributed by atoms with van der Waals surface area (Å²) in [6.07, 6.45) is 1.74. The maximum absolute atomic E-state index is 9.71. The van der Waals surface area contributed by atoms with Gasteiger partial charge in [0, 0.05) is 5.92 Å². The van der Waals surface area contributed by atoms with Gasteiger partial charge in [-0.1, -0.05) is 45.0 Å². The molecule has 1 aliphatic carbocycles. The van der Waals surface area contributed by atoms with Crippen molar-refractivity contribution in [3.63, 3.8) is 0 Å². The second-order valence-corrected chi connectivity index (χ2v) is 3.49. The molecule has 0 saturated carbocycles. The van der Waals surface area contributed by atoms with Gasteiger partial charge in [0.1, 0.15) is 0 Å². The molecular formula is C13H20O. The fourth-order valence-corrected chi connectivity index (χ4v) is 2.15. The summed E-state index contributed by atoms with van der Waals surface area (Å²) in [4.78, 5) is 0. The van der Waals surface area contributed by atoms with Gasteiger partial charge in [0.05, 0.1) is 6.10 Å². The number of benzene rings is 1. The molecule has 1 aromatic carbocycles. The molecule has 1 aliphatic rings. The van der Waals surface area contributed by atoms with Gasteiger partial charge in [-0.3, -0.25) is 0 Å². The van der Waals surface area contributed by atoms with Gasteiger partial charge in [-0.2, -0.15) is 0 Å². The molecule has 2 rings (SSSR count). The highest BCUT2D eigenvalue weighted by molar-refractivity contribution is 5.36. The molecular weight excluding hydrogens is 172 g/mol. The summed E-state index contributed by atoms with van der Waals surface area (Å²) in [5.74, 6) is 0.376. The Kier molecular flexibility index (Phi) is 4.15. The van der Waals surface area contributed by atoms with E-state index in [-0.39, 0.29) is 6.10 Å². The second kappa shape index (κ2) is 5.16. The quantitative estimate of drug-likeness (QED) is 0.724. The molecule has 0 saturated heterocycles. The molecule has 0 spiro atoms. The molecule has 2 atom stereocenters. The van der Waals surface area contributed by atoms with Crippen molar-refractivity contribution in [1.29, 1.82) is 0 Å². The van der Waals surface area contributed by atoms with Crippen LogP contribution < -0.4 is 0 Å². The van der Waals surface area contributed by atoms with Crippen LogP contribution in [-0.4, -0.2) is 11.2 Å². The summed E-state index contributed by atoms with van der Waals surface area (Å²) in [5, 5.41) is 9.71. The Labute approximate surface area is 86.8 Å². The lowest BCUT2D eigenvalue weighted by Gasteiger charge is -2.12. The van der Waals surface area contributed by atoms with Gasteiger partial charge in [0.15, 0.2) is 0 Å². The average molecular weight is 192 g/mol. The first-order valence-corrected chi connectivity index (χ1v) is 5.58. The van der Waals surface area contributed by atoms with E-state index in [9.17, 15) is 5.11 Å². The zero-order chi connectivity index (χ0) is 10.6. The Balaban J connectivity index is 0.000000461. The normalized spacial score (nSPS) is 23.7. The first-order valence-electron chi connectivity index (χ1n) is 5.58. The van der Waals surface area contributed by atoms with Gasteiger partial charge < -0.3 is 5.11 Å². The summed E-state index contributed by atoms with van der Waals surface area (Å²) in [5.41, 5.74) is 2.68. The van der Waals surface area contributed by atoms with Crippen molar-refractivity contribution >= 4 is 0 Å². The van der Waals surface area contributed by atoms with Crippen molar-refractivity contribution in [3.8, 4) is 0 Å². The monoisotopic (exact) mass is 192 g/mol. The first kappa shape index (κ1) is 11.3. The van der Waals surface area contributed by atoms with Crippen LogP contribution in [0.15, 0.2) is 24.3 Å². The van der Waals surface area contributed by atoms with Crippen molar-refractivity contribution in [1.82, 2.24) is 0 Å². The Morgan fingerprint density at radius 1 is 1.29 bits per heavy atom. The van der Waals surface area contributed by atoms with Gasteiger partial charge in [-0.05, 0) is 24.0 Å². The van der Waals surface area contributed by atoms with E-state index in [4.69, 9.17) is 0 Å². The topological polar surface area (TPSA) is 20.2 Å². The molecule has 0 aromatic heterocycles. The van der Waals surface area contributed by atoms with Gasteiger partial charge in [-0.15, -0.1) is 0 Å². The Morgan fingerprint density at radius 3 is 2.57 bits per heavy atom. The highest BCUT2D eigenvalue weighted by atomic mass is 16.3. The highest BCUT2D eigenvalue weighted by Gasteiger charge is 2.28. The smallest absolute Gasteiger partial charge is 0.0649 e. The van der Waals surface area contributed by atoms with Crippen LogP contribution >= 0.6 is 0 Å². The van der Waals surface area contributed by atoms with Gasteiger partial charge >= 0.3 is 0 Å². The molecule has 1 nitrogen and oxygen atoms in total. The molecule has 0 bridgehead atoms. The van der Waals surface area contributed by atoms with Gasteiger partial charge in [0.2, 0.25) is 0 Å². The summed E-state index contributed by atoms with van der Waals surface area (Å²) < 4.78 is 0. The van der Waals surface area contributed by atoms with E-state index in [2.05, 4.69) is 25.1 Å². The second-order valence-electron chi connectivity index (χ2n) is 3.49. The molecule has 2 unspecified atom stereocenters.